The van der Waals surface area contributed by atoms with Crippen molar-refractivity contribution in [1.29, 1.82) is 0 Å². The van der Waals surface area contributed by atoms with Crippen molar-refractivity contribution in [3.8, 4) is 0 Å². The molecule has 0 atom stereocenters. The van der Waals surface area contributed by atoms with E-state index in [0.717, 1.165) is 50.4 Å². The van der Waals surface area contributed by atoms with Crippen LogP contribution in [0.25, 0.3) is 0 Å². The summed E-state index contributed by atoms with van der Waals surface area (Å²) in [6.07, 6.45) is 9.10. The molecule has 0 saturated carbocycles. The lowest BCUT2D eigenvalue weighted by Crippen LogP contribution is -2.47. The summed E-state index contributed by atoms with van der Waals surface area (Å²) in [6, 6.07) is 4.51. The summed E-state index contributed by atoms with van der Waals surface area (Å²) < 4.78 is 0. The van der Waals surface area contributed by atoms with Crippen molar-refractivity contribution < 1.29 is 4.79 Å². The summed E-state index contributed by atoms with van der Waals surface area (Å²) in [7, 11) is 1.89. The molecule has 0 radical (unpaired) electrons. The quantitative estimate of drug-likeness (QED) is 0.879. The molecule has 0 unspecified atom stereocenters. The van der Waals surface area contributed by atoms with E-state index < -0.39 is 0 Å². The number of hydrogen-bond donors (Lipinski definition) is 2. The predicted octanol–water partition coefficient (Wildman–Crippen LogP) is 2.36. The number of anilines is 1. The molecule has 2 fully saturated rings. The van der Waals surface area contributed by atoms with Crippen LogP contribution in [0, 0.1) is 0 Å². The third kappa shape index (κ3) is 5.08. The molecule has 1 aromatic rings. The van der Waals surface area contributed by atoms with Gasteiger partial charge in [0.15, 0.2) is 0 Å². The minimum atomic E-state index is 0.00324. The van der Waals surface area contributed by atoms with Gasteiger partial charge < -0.3 is 20.4 Å². The van der Waals surface area contributed by atoms with E-state index in [0.29, 0.717) is 12.6 Å². The van der Waals surface area contributed by atoms with E-state index >= 15 is 0 Å². The fourth-order valence-corrected chi connectivity index (χ4v) is 3.67. The van der Waals surface area contributed by atoms with Gasteiger partial charge >= 0.3 is 6.03 Å². The lowest BCUT2D eigenvalue weighted by molar-refractivity contribution is 0.176. The van der Waals surface area contributed by atoms with Crippen LogP contribution in [-0.4, -0.2) is 55.2 Å². The normalized spacial score (nSPS) is 19.3. The van der Waals surface area contributed by atoms with Gasteiger partial charge in [-0.2, -0.15) is 0 Å². The first-order valence-corrected chi connectivity index (χ1v) is 9.65. The van der Waals surface area contributed by atoms with Crippen LogP contribution in [0.15, 0.2) is 18.3 Å². The Bertz CT molecular complexity index is 533. The molecule has 0 bridgehead atoms. The Hall–Kier alpha value is -1.82. The third-order valence-corrected chi connectivity index (χ3v) is 5.36. The number of rotatable bonds is 4. The fourth-order valence-electron chi connectivity index (χ4n) is 3.67. The summed E-state index contributed by atoms with van der Waals surface area (Å²) in [5.41, 5.74) is 1.05. The van der Waals surface area contributed by atoms with Crippen molar-refractivity contribution >= 4 is 11.8 Å². The van der Waals surface area contributed by atoms with E-state index in [1.807, 2.05) is 18.1 Å². The van der Waals surface area contributed by atoms with Gasteiger partial charge in [-0.05, 0) is 50.4 Å². The highest BCUT2D eigenvalue weighted by Crippen LogP contribution is 2.17. The van der Waals surface area contributed by atoms with Crippen LogP contribution in [0.4, 0.5) is 10.6 Å². The fraction of sp³-hybridized carbons (Fsp3) is 0.684. The first kappa shape index (κ1) is 18.0. The molecule has 1 aromatic heterocycles. The van der Waals surface area contributed by atoms with Gasteiger partial charge in [-0.1, -0.05) is 18.9 Å². The lowest BCUT2D eigenvalue weighted by atomic mass is 10.1. The molecule has 3 rings (SSSR count). The molecular formula is C19H31N5O. The minimum absolute atomic E-state index is 0.00324. The van der Waals surface area contributed by atoms with Crippen molar-refractivity contribution in [3.63, 3.8) is 0 Å². The second-order valence-electron chi connectivity index (χ2n) is 7.18. The zero-order valence-electron chi connectivity index (χ0n) is 15.3. The van der Waals surface area contributed by atoms with E-state index in [4.69, 9.17) is 0 Å². The molecule has 2 aliphatic rings. The summed E-state index contributed by atoms with van der Waals surface area (Å²) in [6.45, 7) is 4.71. The van der Waals surface area contributed by atoms with Crippen molar-refractivity contribution in [3.05, 3.63) is 23.9 Å². The summed E-state index contributed by atoms with van der Waals surface area (Å²) in [4.78, 5) is 21.2. The maximum Gasteiger partial charge on any atom is 0.317 e. The highest BCUT2D eigenvalue weighted by molar-refractivity contribution is 5.74. The van der Waals surface area contributed by atoms with E-state index in [2.05, 4.69) is 32.7 Å². The van der Waals surface area contributed by atoms with Gasteiger partial charge in [0, 0.05) is 38.9 Å². The molecule has 138 valence electrons. The number of carbonyl (C=O) groups excluding carboxylic acids is 1. The SMILES string of the molecule is CN(C(=O)NCc1ccc(N2CCCCCC2)nc1)C1CCNCC1. The Kier molecular flexibility index (Phi) is 6.50. The Morgan fingerprint density at radius 1 is 1.24 bits per heavy atom. The Morgan fingerprint density at radius 2 is 1.96 bits per heavy atom. The molecule has 0 aromatic carbocycles. The Morgan fingerprint density at radius 3 is 2.60 bits per heavy atom. The number of nitrogens with zero attached hydrogens (tertiary/aromatic N) is 3. The summed E-state index contributed by atoms with van der Waals surface area (Å²) >= 11 is 0. The number of urea groups is 1. The monoisotopic (exact) mass is 345 g/mol. The maximum absolute atomic E-state index is 12.3. The first-order valence-electron chi connectivity index (χ1n) is 9.65. The van der Waals surface area contributed by atoms with E-state index in [1.165, 1.54) is 25.7 Å². The van der Waals surface area contributed by atoms with Gasteiger partial charge in [0.2, 0.25) is 0 Å². The molecule has 6 heteroatoms. The van der Waals surface area contributed by atoms with Gasteiger partial charge in [-0.25, -0.2) is 9.78 Å². The Labute approximate surface area is 151 Å². The lowest BCUT2D eigenvalue weighted by Gasteiger charge is -2.31. The number of aromatic nitrogens is 1. The van der Waals surface area contributed by atoms with E-state index in [9.17, 15) is 4.79 Å². The molecular weight excluding hydrogens is 314 g/mol. The molecule has 2 N–H and O–H groups in total. The minimum Gasteiger partial charge on any atom is -0.357 e. The van der Waals surface area contributed by atoms with Crippen molar-refractivity contribution in [2.75, 3.05) is 38.1 Å². The van der Waals surface area contributed by atoms with Crippen LogP contribution in [-0.2, 0) is 6.54 Å². The standard InChI is InChI=1S/C19H31N5O/c1-23(17-8-10-20-11-9-17)19(25)22-15-16-6-7-18(21-14-16)24-12-4-2-3-5-13-24/h6-7,14,17,20H,2-5,8-13,15H2,1H3,(H,22,25). The topological polar surface area (TPSA) is 60.5 Å². The van der Waals surface area contributed by atoms with E-state index in [1.54, 1.807) is 0 Å². The first-order chi connectivity index (χ1) is 12.2. The van der Waals surface area contributed by atoms with Crippen molar-refractivity contribution in [2.24, 2.45) is 0 Å². The second-order valence-corrected chi connectivity index (χ2v) is 7.18. The molecule has 0 spiro atoms. The molecule has 2 aliphatic heterocycles. The number of pyridine rings is 1. The van der Waals surface area contributed by atoms with Gasteiger partial charge in [0.05, 0.1) is 0 Å². The van der Waals surface area contributed by atoms with Crippen LogP contribution in [0.1, 0.15) is 44.1 Å². The molecule has 3 heterocycles. The summed E-state index contributed by atoms with van der Waals surface area (Å²) in [5, 5.41) is 6.35. The average Bonchev–Trinajstić information content (AvgIpc) is 2.96. The predicted molar refractivity (Wildman–Crippen MR) is 101 cm³/mol. The molecule has 2 amide bonds. The number of hydrogen-bond acceptors (Lipinski definition) is 4. The number of carbonyl (C=O) groups is 1. The van der Waals surface area contributed by atoms with Crippen LogP contribution in [0.2, 0.25) is 0 Å². The van der Waals surface area contributed by atoms with Crippen molar-refractivity contribution in [2.45, 2.75) is 51.1 Å². The smallest absolute Gasteiger partial charge is 0.317 e. The molecule has 0 aliphatic carbocycles. The second kappa shape index (κ2) is 9.04. The van der Waals surface area contributed by atoms with Crippen LogP contribution < -0.4 is 15.5 Å². The van der Waals surface area contributed by atoms with E-state index in [-0.39, 0.29) is 6.03 Å². The number of amides is 2. The van der Waals surface area contributed by atoms with Gasteiger partial charge in [-0.15, -0.1) is 0 Å². The van der Waals surface area contributed by atoms with Crippen molar-refractivity contribution in [1.82, 2.24) is 20.5 Å². The zero-order chi connectivity index (χ0) is 17.5. The Balaban J connectivity index is 1.48. The number of nitrogens with one attached hydrogen (secondary N) is 2. The maximum atomic E-state index is 12.3. The zero-order valence-corrected chi connectivity index (χ0v) is 15.3. The third-order valence-electron chi connectivity index (χ3n) is 5.36. The highest BCUT2D eigenvalue weighted by Gasteiger charge is 2.21. The van der Waals surface area contributed by atoms with Crippen LogP contribution >= 0.6 is 0 Å². The largest absolute Gasteiger partial charge is 0.357 e. The molecule has 25 heavy (non-hydrogen) atoms. The van der Waals surface area contributed by atoms with Gasteiger partial charge in [-0.3, -0.25) is 0 Å². The average molecular weight is 345 g/mol. The highest BCUT2D eigenvalue weighted by atomic mass is 16.2. The summed E-state index contributed by atoms with van der Waals surface area (Å²) in [5.74, 6) is 1.06. The number of piperidine rings is 1. The van der Waals surface area contributed by atoms with Crippen LogP contribution in [0.5, 0.6) is 0 Å². The van der Waals surface area contributed by atoms with Gasteiger partial charge in [0.1, 0.15) is 5.82 Å². The van der Waals surface area contributed by atoms with Crippen LogP contribution in [0.3, 0.4) is 0 Å². The molecule has 6 nitrogen and oxygen atoms in total. The molecule has 2 saturated heterocycles. The van der Waals surface area contributed by atoms with Gasteiger partial charge in [0.25, 0.3) is 0 Å².